The topological polar surface area (TPSA) is 43.4 Å². The Morgan fingerprint density at radius 2 is 1.53 bits per heavy atom. The van der Waals surface area contributed by atoms with Crippen LogP contribution in [0.25, 0.3) is 0 Å². The molecule has 1 aliphatic rings. The zero-order valence-electron chi connectivity index (χ0n) is 11.1. The quantitative estimate of drug-likeness (QED) is 0.561. The van der Waals surface area contributed by atoms with E-state index in [-0.39, 0.29) is 11.8 Å². The zero-order valence-corrected chi connectivity index (χ0v) is 11.9. The fraction of sp³-hybridized carbons (Fsp3) is 0.538. The van der Waals surface area contributed by atoms with Crippen LogP contribution in [0.4, 0.5) is 0 Å². The fourth-order valence-electron chi connectivity index (χ4n) is 2.10. The smallest absolute Gasteiger partial charge is 0.304 e. The van der Waals surface area contributed by atoms with Crippen LogP contribution < -0.4 is 0 Å². The van der Waals surface area contributed by atoms with Crippen LogP contribution in [0.5, 0.6) is 0 Å². The maximum atomic E-state index is 12.0. The highest BCUT2D eigenvalue weighted by Crippen LogP contribution is 2.45. The van der Waals surface area contributed by atoms with Gasteiger partial charge in [0.2, 0.25) is 4.93 Å². The largest absolute Gasteiger partial charge is 0.440 e. The Morgan fingerprint density at radius 3 is 1.82 bits per heavy atom. The van der Waals surface area contributed by atoms with Gasteiger partial charge in [-0.25, -0.2) is 0 Å². The minimum atomic E-state index is -0.812. The summed E-state index contributed by atoms with van der Waals surface area (Å²) < 4.78 is 5.50. The molecule has 3 nitrogen and oxygen atoms in total. The van der Waals surface area contributed by atoms with Crippen molar-refractivity contribution in [1.82, 2.24) is 0 Å². The van der Waals surface area contributed by atoms with Crippen LogP contribution in [0, 0.1) is 0 Å². The minimum absolute atomic E-state index is 0.0387. The van der Waals surface area contributed by atoms with Gasteiger partial charge in [-0.1, -0.05) is 0 Å². The van der Waals surface area contributed by atoms with E-state index in [0.29, 0.717) is 11.1 Å². The summed E-state index contributed by atoms with van der Waals surface area (Å²) in [4.78, 5) is 22.5. The van der Waals surface area contributed by atoms with Crippen LogP contribution in [0.1, 0.15) is 34.6 Å². The molecule has 0 aromatic carbocycles. The van der Waals surface area contributed by atoms with Gasteiger partial charge in [-0.3, -0.25) is 9.59 Å². The third-order valence-electron chi connectivity index (χ3n) is 3.37. The number of hydrogen-bond acceptors (Lipinski definition) is 4. The molecule has 0 fully saturated rings. The third-order valence-corrected chi connectivity index (χ3v) is 4.64. The van der Waals surface area contributed by atoms with Crippen molar-refractivity contribution in [3.05, 3.63) is 22.3 Å². The Morgan fingerprint density at radius 1 is 1.12 bits per heavy atom. The minimum Gasteiger partial charge on any atom is -0.440 e. The van der Waals surface area contributed by atoms with Crippen molar-refractivity contribution in [2.75, 3.05) is 6.26 Å². The number of carbonyl (C=O) groups is 2. The van der Waals surface area contributed by atoms with E-state index in [2.05, 4.69) is 0 Å². The van der Waals surface area contributed by atoms with E-state index >= 15 is 0 Å². The fourth-order valence-corrected chi connectivity index (χ4v) is 3.22. The number of hydrogen-bond donors (Lipinski definition) is 0. The van der Waals surface area contributed by atoms with Gasteiger partial charge in [-0.15, -0.1) is 11.8 Å². The van der Waals surface area contributed by atoms with Crippen LogP contribution >= 0.6 is 11.8 Å². The molecule has 0 amide bonds. The average molecular weight is 254 g/mol. The molecular formula is C13H18O3S. The number of ketones is 1. The Bertz CT molecular complexity index is 416. The highest BCUT2D eigenvalue weighted by molar-refractivity contribution is 8.00. The second-order valence-corrected chi connectivity index (χ2v) is 5.23. The molecule has 0 saturated carbocycles. The molecular weight excluding hydrogens is 236 g/mol. The van der Waals surface area contributed by atoms with Crippen LogP contribution in [0.15, 0.2) is 22.3 Å². The maximum Gasteiger partial charge on any atom is 0.304 e. The summed E-state index contributed by atoms with van der Waals surface area (Å²) in [5.74, 6) is -0.301. The molecule has 0 atom stereocenters. The number of thioether (sulfide) groups is 1. The number of ether oxygens (including phenoxy) is 1. The summed E-state index contributed by atoms with van der Waals surface area (Å²) in [6.07, 6.45) is 1.88. The van der Waals surface area contributed by atoms with E-state index in [1.54, 1.807) is 13.8 Å². The first kappa shape index (κ1) is 14.0. The molecule has 0 aliphatic heterocycles. The van der Waals surface area contributed by atoms with E-state index in [4.69, 9.17) is 4.74 Å². The van der Waals surface area contributed by atoms with Gasteiger partial charge >= 0.3 is 5.97 Å². The highest BCUT2D eigenvalue weighted by Gasteiger charge is 2.43. The summed E-state index contributed by atoms with van der Waals surface area (Å²) in [6, 6.07) is 0. The van der Waals surface area contributed by atoms with Crippen molar-refractivity contribution >= 4 is 23.5 Å². The van der Waals surface area contributed by atoms with Crippen LogP contribution in [0.3, 0.4) is 0 Å². The summed E-state index contributed by atoms with van der Waals surface area (Å²) in [6.45, 7) is 8.65. The predicted molar refractivity (Wildman–Crippen MR) is 69.8 cm³/mol. The van der Waals surface area contributed by atoms with Gasteiger partial charge in [0.25, 0.3) is 0 Å². The van der Waals surface area contributed by atoms with E-state index in [9.17, 15) is 9.59 Å². The lowest BCUT2D eigenvalue weighted by Crippen LogP contribution is -2.39. The summed E-state index contributed by atoms with van der Waals surface area (Å²) in [5.41, 5.74) is 2.97. The number of allylic oxidation sites excluding steroid dienone is 2. The van der Waals surface area contributed by atoms with Crippen molar-refractivity contribution in [2.24, 2.45) is 0 Å². The van der Waals surface area contributed by atoms with E-state index in [1.165, 1.54) is 18.7 Å². The molecule has 0 spiro atoms. The normalized spacial score (nSPS) is 19.8. The molecule has 0 N–H and O–H groups in total. The second kappa shape index (κ2) is 4.69. The molecule has 0 aromatic rings. The van der Waals surface area contributed by atoms with Gasteiger partial charge in [0.1, 0.15) is 0 Å². The highest BCUT2D eigenvalue weighted by atomic mass is 32.2. The van der Waals surface area contributed by atoms with Crippen LogP contribution in [0.2, 0.25) is 0 Å². The van der Waals surface area contributed by atoms with Gasteiger partial charge in [0, 0.05) is 18.1 Å². The molecule has 94 valence electrons. The third kappa shape index (κ3) is 2.06. The molecule has 17 heavy (non-hydrogen) atoms. The standard InChI is InChI=1S/C13H18O3S/c1-7-9(3)13(17-6,16-11(5)14)10(4)8(2)12(7)15/h1-6H3. The Labute approximate surface area is 106 Å². The number of esters is 1. The monoisotopic (exact) mass is 254 g/mol. The molecule has 0 radical (unpaired) electrons. The second-order valence-electron chi connectivity index (χ2n) is 4.24. The van der Waals surface area contributed by atoms with Crippen molar-refractivity contribution in [1.29, 1.82) is 0 Å². The molecule has 4 heteroatoms. The van der Waals surface area contributed by atoms with Gasteiger partial charge in [0.15, 0.2) is 5.78 Å². The average Bonchev–Trinajstić information content (AvgIpc) is 2.29. The SMILES string of the molecule is CSC1(OC(C)=O)C(C)=C(C)C(=O)C(C)=C1C. The molecule has 1 aliphatic carbocycles. The van der Waals surface area contributed by atoms with Gasteiger partial charge < -0.3 is 4.74 Å². The van der Waals surface area contributed by atoms with Crippen LogP contribution in [-0.2, 0) is 14.3 Å². The van der Waals surface area contributed by atoms with Crippen molar-refractivity contribution in [3.63, 3.8) is 0 Å². The maximum absolute atomic E-state index is 12.0. The lowest BCUT2D eigenvalue weighted by atomic mass is 9.85. The lowest BCUT2D eigenvalue weighted by molar-refractivity contribution is -0.145. The van der Waals surface area contributed by atoms with E-state index in [1.807, 2.05) is 20.1 Å². The summed E-state index contributed by atoms with van der Waals surface area (Å²) in [5, 5.41) is 0. The first-order valence-corrected chi connectivity index (χ1v) is 6.65. The number of carbonyl (C=O) groups excluding carboxylic acids is 2. The first-order chi connectivity index (χ1) is 7.77. The molecule has 0 unspecified atom stereocenters. The van der Waals surface area contributed by atoms with Gasteiger partial charge in [-0.05, 0) is 45.1 Å². The van der Waals surface area contributed by atoms with Crippen molar-refractivity contribution in [2.45, 2.75) is 39.6 Å². The zero-order chi connectivity index (χ0) is 13.4. The Kier molecular flexibility index (Phi) is 3.87. The molecule has 1 rings (SSSR count). The van der Waals surface area contributed by atoms with E-state index < -0.39 is 4.93 Å². The van der Waals surface area contributed by atoms with Crippen LogP contribution in [-0.4, -0.2) is 22.9 Å². The Balaban J connectivity index is 3.46. The van der Waals surface area contributed by atoms with Gasteiger partial charge in [-0.2, -0.15) is 0 Å². The first-order valence-electron chi connectivity index (χ1n) is 5.43. The lowest BCUT2D eigenvalue weighted by Gasteiger charge is -2.38. The molecule has 0 bridgehead atoms. The summed E-state index contributed by atoms with van der Waals surface area (Å²) in [7, 11) is 0. The molecule has 0 saturated heterocycles. The summed E-state index contributed by atoms with van der Waals surface area (Å²) >= 11 is 1.44. The van der Waals surface area contributed by atoms with Crippen molar-refractivity contribution in [3.8, 4) is 0 Å². The number of Topliss-reactive ketones (excluding diaryl/α,β-unsaturated/α-hetero) is 1. The molecule has 0 aromatic heterocycles. The molecule has 0 heterocycles. The van der Waals surface area contributed by atoms with Gasteiger partial charge in [0.05, 0.1) is 0 Å². The van der Waals surface area contributed by atoms with Crippen molar-refractivity contribution < 1.29 is 14.3 Å². The number of rotatable bonds is 2. The Hall–Kier alpha value is -1.03. The predicted octanol–water partition coefficient (Wildman–Crippen LogP) is 2.86. The van der Waals surface area contributed by atoms with E-state index in [0.717, 1.165) is 11.1 Å².